The highest BCUT2D eigenvalue weighted by Gasteiger charge is 2.32. The number of hydrogen-bond acceptors (Lipinski definition) is 5. The number of nitrogens with zero attached hydrogens (tertiary/aromatic N) is 6. The van der Waals surface area contributed by atoms with E-state index in [0.29, 0.717) is 41.0 Å². The number of aromatic nitrogens is 5. The van der Waals surface area contributed by atoms with E-state index in [1.807, 2.05) is 11.5 Å². The second kappa shape index (κ2) is 6.66. The van der Waals surface area contributed by atoms with Crippen molar-refractivity contribution < 1.29 is 4.79 Å². The SMILES string of the molecule is CC1Cn2c(nnc2-c2cnccn2)CN1C(=O)c1cccc(Cl)c1Cl. The molecule has 7 nitrogen and oxygen atoms in total. The third kappa shape index (κ3) is 2.83. The molecular weight excluding hydrogens is 375 g/mol. The normalized spacial score (nSPS) is 16.4. The third-order valence-corrected chi connectivity index (χ3v) is 5.17. The van der Waals surface area contributed by atoms with Crippen LogP contribution in [0, 0.1) is 0 Å². The summed E-state index contributed by atoms with van der Waals surface area (Å²) in [6.45, 7) is 2.86. The average Bonchev–Trinajstić information content (AvgIpc) is 3.06. The minimum absolute atomic E-state index is 0.0727. The van der Waals surface area contributed by atoms with Gasteiger partial charge in [0.2, 0.25) is 0 Å². The molecule has 0 fully saturated rings. The molecule has 4 rings (SSSR count). The van der Waals surface area contributed by atoms with E-state index in [4.69, 9.17) is 23.2 Å². The van der Waals surface area contributed by atoms with Crippen molar-refractivity contribution in [3.63, 3.8) is 0 Å². The Balaban J connectivity index is 1.66. The Hall–Kier alpha value is -2.51. The monoisotopic (exact) mass is 388 g/mol. The molecule has 0 saturated carbocycles. The van der Waals surface area contributed by atoms with E-state index in [9.17, 15) is 4.79 Å². The van der Waals surface area contributed by atoms with Crippen LogP contribution in [-0.2, 0) is 13.1 Å². The topological polar surface area (TPSA) is 76.8 Å². The van der Waals surface area contributed by atoms with E-state index < -0.39 is 0 Å². The van der Waals surface area contributed by atoms with Crippen molar-refractivity contribution in [1.82, 2.24) is 29.6 Å². The molecule has 3 heterocycles. The zero-order chi connectivity index (χ0) is 18.3. The van der Waals surface area contributed by atoms with E-state index in [1.54, 1.807) is 41.7 Å². The largest absolute Gasteiger partial charge is 0.327 e. The van der Waals surface area contributed by atoms with Crippen molar-refractivity contribution in [1.29, 1.82) is 0 Å². The standard InChI is InChI=1S/C17H14Cl2N6O/c1-10-8-25-14(22-23-16(25)13-7-20-5-6-21-13)9-24(10)17(26)11-3-2-4-12(18)15(11)19/h2-7,10H,8-9H2,1H3. The minimum Gasteiger partial charge on any atom is -0.327 e. The Kier molecular flexibility index (Phi) is 4.34. The maximum atomic E-state index is 13.0. The van der Waals surface area contributed by atoms with Crippen LogP contribution in [0.15, 0.2) is 36.8 Å². The number of rotatable bonds is 2. The highest BCUT2D eigenvalue weighted by Crippen LogP contribution is 2.29. The Labute approximate surface area is 159 Å². The number of halogens is 2. The smallest absolute Gasteiger partial charge is 0.256 e. The molecule has 132 valence electrons. The van der Waals surface area contributed by atoms with E-state index in [2.05, 4.69) is 20.2 Å². The van der Waals surface area contributed by atoms with Crippen LogP contribution in [0.4, 0.5) is 0 Å². The van der Waals surface area contributed by atoms with Gasteiger partial charge in [-0.05, 0) is 19.1 Å². The number of amides is 1. The molecule has 0 aliphatic carbocycles. The molecule has 0 radical (unpaired) electrons. The van der Waals surface area contributed by atoms with Crippen molar-refractivity contribution in [3.05, 3.63) is 58.2 Å². The van der Waals surface area contributed by atoms with Gasteiger partial charge in [0.05, 0.1) is 28.4 Å². The molecule has 3 aromatic rings. The Morgan fingerprint density at radius 2 is 2.08 bits per heavy atom. The summed E-state index contributed by atoms with van der Waals surface area (Å²) in [6.07, 6.45) is 4.86. The highest BCUT2D eigenvalue weighted by atomic mass is 35.5. The van der Waals surface area contributed by atoms with E-state index in [0.717, 1.165) is 0 Å². The minimum atomic E-state index is -0.180. The molecule has 9 heteroatoms. The van der Waals surface area contributed by atoms with Crippen molar-refractivity contribution in [2.75, 3.05) is 0 Å². The summed E-state index contributed by atoms with van der Waals surface area (Å²) >= 11 is 12.3. The zero-order valence-electron chi connectivity index (χ0n) is 13.8. The number of fused-ring (bicyclic) bond motifs is 1. The maximum absolute atomic E-state index is 13.0. The summed E-state index contributed by atoms with van der Waals surface area (Å²) in [7, 11) is 0. The van der Waals surface area contributed by atoms with Crippen LogP contribution >= 0.6 is 23.2 Å². The van der Waals surface area contributed by atoms with Gasteiger partial charge in [0, 0.05) is 25.0 Å². The molecule has 1 aliphatic heterocycles. The molecule has 0 N–H and O–H groups in total. The fourth-order valence-electron chi connectivity index (χ4n) is 3.01. The van der Waals surface area contributed by atoms with Gasteiger partial charge in [-0.3, -0.25) is 9.78 Å². The second-order valence-electron chi connectivity index (χ2n) is 6.02. The van der Waals surface area contributed by atoms with Crippen LogP contribution in [0.3, 0.4) is 0 Å². The summed E-state index contributed by atoms with van der Waals surface area (Å²) in [5.74, 6) is 1.16. The molecule has 0 bridgehead atoms. The number of hydrogen-bond donors (Lipinski definition) is 0. The van der Waals surface area contributed by atoms with Gasteiger partial charge in [0.25, 0.3) is 5.91 Å². The molecular formula is C17H14Cl2N6O. The van der Waals surface area contributed by atoms with Gasteiger partial charge in [-0.15, -0.1) is 10.2 Å². The molecule has 2 aromatic heterocycles. The molecule has 1 atom stereocenters. The molecule has 1 aliphatic rings. The van der Waals surface area contributed by atoms with Gasteiger partial charge >= 0.3 is 0 Å². The van der Waals surface area contributed by atoms with Gasteiger partial charge in [-0.25, -0.2) is 4.98 Å². The first-order valence-electron chi connectivity index (χ1n) is 7.99. The molecule has 26 heavy (non-hydrogen) atoms. The fraction of sp³-hybridized carbons (Fsp3) is 0.235. The first-order valence-corrected chi connectivity index (χ1v) is 8.75. The first-order chi connectivity index (χ1) is 12.6. The Bertz CT molecular complexity index is 975. The van der Waals surface area contributed by atoms with Gasteiger partial charge < -0.3 is 9.47 Å². The lowest BCUT2D eigenvalue weighted by molar-refractivity contribution is 0.0612. The number of benzene rings is 1. The predicted molar refractivity (Wildman–Crippen MR) is 96.8 cm³/mol. The van der Waals surface area contributed by atoms with E-state index in [-0.39, 0.29) is 17.0 Å². The zero-order valence-corrected chi connectivity index (χ0v) is 15.3. The summed E-state index contributed by atoms with van der Waals surface area (Å²) in [4.78, 5) is 23.1. The second-order valence-corrected chi connectivity index (χ2v) is 6.81. The van der Waals surface area contributed by atoms with Crippen molar-refractivity contribution >= 4 is 29.1 Å². The number of carbonyl (C=O) groups excluding carboxylic acids is 1. The van der Waals surface area contributed by atoms with E-state index in [1.165, 1.54) is 0 Å². The van der Waals surface area contributed by atoms with Crippen molar-refractivity contribution in [2.24, 2.45) is 0 Å². The summed E-state index contributed by atoms with van der Waals surface area (Å²) in [6, 6.07) is 4.97. The fourth-order valence-corrected chi connectivity index (χ4v) is 3.40. The summed E-state index contributed by atoms with van der Waals surface area (Å²) in [5, 5.41) is 9.07. The predicted octanol–water partition coefficient (Wildman–Crippen LogP) is 3.09. The maximum Gasteiger partial charge on any atom is 0.256 e. The quantitative estimate of drug-likeness (QED) is 0.673. The van der Waals surface area contributed by atoms with Crippen molar-refractivity contribution in [3.8, 4) is 11.5 Å². The van der Waals surface area contributed by atoms with Gasteiger partial charge in [0.15, 0.2) is 11.6 Å². The molecule has 1 aromatic carbocycles. The summed E-state index contributed by atoms with van der Waals surface area (Å²) < 4.78 is 1.97. The third-order valence-electron chi connectivity index (χ3n) is 4.35. The molecule has 0 spiro atoms. The van der Waals surface area contributed by atoms with Crippen molar-refractivity contribution in [2.45, 2.75) is 26.1 Å². The lowest BCUT2D eigenvalue weighted by Gasteiger charge is -2.34. The Morgan fingerprint density at radius 3 is 2.85 bits per heavy atom. The van der Waals surface area contributed by atoms with Crippen LogP contribution in [0.25, 0.3) is 11.5 Å². The summed E-state index contributed by atoms with van der Waals surface area (Å²) in [5.41, 5.74) is 1.03. The lowest BCUT2D eigenvalue weighted by atomic mass is 10.1. The molecule has 1 unspecified atom stereocenters. The van der Waals surface area contributed by atoms with Gasteiger partial charge in [0.1, 0.15) is 5.69 Å². The number of carbonyl (C=O) groups is 1. The van der Waals surface area contributed by atoms with Gasteiger partial charge in [-0.2, -0.15) is 0 Å². The van der Waals surface area contributed by atoms with Crippen LogP contribution in [0.5, 0.6) is 0 Å². The molecule has 1 amide bonds. The van der Waals surface area contributed by atoms with Crippen LogP contribution < -0.4 is 0 Å². The Morgan fingerprint density at radius 1 is 1.23 bits per heavy atom. The average molecular weight is 389 g/mol. The highest BCUT2D eigenvalue weighted by molar-refractivity contribution is 6.43. The van der Waals surface area contributed by atoms with Crippen LogP contribution in [0.2, 0.25) is 10.0 Å². The van der Waals surface area contributed by atoms with Gasteiger partial charge in [-0.1, -0.05) is 29.3 Å². The lowest BCUT2D eigenvalue weighted by Crippen LogP contribution is -2.45. The molecule has 0 saturated heterocycles. The van der Waals surface area contributed by atoms with Crippen LogP contribution in [0.1, 0.15) is 23.1 Å². The first kappa shape index (κ1) is 16.9. The van der Waals surface area contributed by atoms with E-state index >= 15 is 0 Å². The van der Waals surface area contributed by atoms with Crippen LogP contribution in [-0.4, -0.2) is 41.6 Å².